The van der Waals surface area contributed by atoms with Gasteiger partial charge in [0.25, 0.3) is 0 Å². The van der Waals surface area contributed by atoms with Crippen molar-refractivity contribution < 1.29 is 18.3 Å². The fourth-order valence-electron chi connectivity index (χ4n) is 1.49. The maximum atomic E-state index is 11.9. The Balaban J connectivity index is 2.51. The molecule has 5 nitrogen and oxygen atoms in total. The van der Waals surface area contributed by atoms with Gasteiger partial charge in [-0.15, -0.1) is 0 Å². The average molecular weight is 251 g/mol. The lowest BCUT2D eigenvalue weighted by molar-refractivity contribution is 0.0609. The Hall–Kier alpha value is -0.170. The number of sulfonamides is 1. The quantitative estimate of drug-likeness (QED) is 0.734. The van der Waals surface area contributed by atoms with E-state index < -0.39 is 15.6 Å². The molecule has 96 valence electrons. The van der Waals surface area contributed by atoms with Crippen LogP contribution in [-0.4, -0.2) is 44.1 Å². The summed E-state index contributed by atoms with van der Waals surface area (Å²) < 4.78 is 31.3. The molecular formula is C10H21NO4S. The number of hydrogen-bond donors (Lipinski definition) is 2. The first-order valence-electron chi connectivity index (χ1n) is 5.66. The fraction of sp³-hybridized carbons (Fsp3) is 1.00. The van der Waals surface area contributed by atoms with Crippen LogP contribution in [-0.2, 0) is 14.8 Å². The highest BCUT2D eigenvalue weighted by atomic mass is 32.2. The highest BCUT2D eigenvalue weighted by Gasteiger charge is 2.29. The lowest BCUT2D eigenvalue weighted by Crippen LogP contribution is -2.45. The van der Waals surface area contributed by atoms with Gasteiger partial charge in [0, 0.05) is 19.8 Å². The zero-order chi connectivity index (χ0) is 12.2. The number of hydrogen-bond acceptors (Lipinski definition) is 4. The molecule has 0 aromatic heterocycles. The molecule has 16 heavy (non-hydrogen) atoms. The van der Waals surface area contributed by atoms with Gasteiger partial charge in [-0.05, 0) is 26.2 Å². The van der Waals surface area contributed by atoms with Crippen LogP contribution >= 0.6 is 0 Å². The zero-order valence-corrected chi connectivity index (χ0v) is 10.7. The smallest absolute Gasteiger partial charge is 0.214 e. The Morgan fingerprint density at radius 3 is 2.50 bits per heavy atom. The van der Waals surface area contributed by atoms with Gasteiger partial charge in [-0.1, -0.05) is 6.92 Å². The van der Waals surface area contributed by atoms with Crippen LogP contribution in [0, 0.1) is 0 Å². The second-order valence-electron chi connectivity index (χ2n) is 4.53. The topological polar surface area (TPSA) is 75.6 Å². The van der Waals surface area contributed by atoms with E-state index in [9.17, 15) is 13.5 Å². The summed E-state index contributed by atoms with van der Waals surface area (Å²) in [6, 6.07) is 0. The van der Waals surface area contributed by atoms with Gasteiger partial charge >= 0.3 is 0 Å². The van der Waals surface area contributed by atoms with Crippen molar-refractivity contribution in [2.75, 3.05) is 19.8 Å². The third kappa shape index (κ3) is 4.01. The van der Waals surface area contributed by atoms with Gasteiger partial charge in [-0.25, -0.2) is 13.1 Å². The third-order valence-electron chi connectivity index (χ3n) is 3.02. The number of rotatable bonds is 5. The van der Waals surface area contributed by atoms with Crippen molar-refractivity contribution in [1.82, 2.24) is 4.72 Å². The molecule has 0 aromatic carbocycles. The number of aliphatic hydroxyl groups is 1. The minimum Gasteiger partial charge on any atom is -0.389 e. The van der Waals surface area contributed by atoms with Crippen LogP contribution in [0.3, 0.4) is 0 Å². The van der Waals surface area contributed by atoms with Gasteiger partial charge in [0.15, 0.2) is 0 Å². The first kappa shape index (κ1) is 13.9. The molecule has 1 aliphatic rings. The zero-order valence-electron chi connectivity index (χ0n) is 9.90. The van der Waals surface area contributed by atoms with Crippen LogP contribution in [0.2, 0.25) is 0 Å². The monoisotopic (exact) mass is 251 g/mol. The minimum atomic E-state index is -3.32. The van der Waals surface area contributed by atoms with E-state index in [4.69, 9.17) is 4.74 Å². The van der Waals surface area contributed by atoms with Crippen LogP contribution in [0.5, 0.6) is 0 Å². The summed E-state index contributed by atoms with van der Waals surface area (Å²) in [7, 11) is -3.32. The first-order chi connectivity index (χ1) is 7.37. The van der Waals surface area contributed by atoms with Gasteiger partial charge in [0.1, 0.15) is 0 Å². The summed E-state index contributed by atoms with van der Waals surface area (Å²) in [4.78, 5) is 0. The summed E-state index contributed by atoms with van der Waals surface area (Å²) in [5, 5.41) is 9.35. The maximum absolute atomic E-state index is 11.9. The second kappa shape index (κ2) is 5.44. The van der Waals surface area contributed by atoms with Crippen molar-refractivity contribution in [3.63, 3.8) is 0 Å². The van der Waals surface area contributed by atoms with E-state index in [0.29, 0.717) is 32.5 Å². The van der Waals surface area contributed by atoms with Crippen molar-refractivity contribution in [2.24, 2.45) is 0 Å². The Kier molecular flexibility index (Phi) is 4.73. The molecule has 1 unspecified atom stereocenters. The van der Waals surface area contributed by atoms with E-state index in [2.05, 4.69) is 4.72 Å². The standard InChI is InChI=1S/C10H21NO4S/c1-3-10(2,12)8-11-16(13,14)9-4-6-15-7-5-9/h9,11-12H,3-8H2,1-2H3. The molecule has 0 aromatic rings. The van der Waals surface area contributed by atoms with Crippen molar-refractivity contribution in [1.29, 1.82) is 0 Å². The van der Waals surface area contributed by atoms with Crippen LogP contribution in [0.15, 0.2) is 0 Å². The molecule has 6 heteroatoms. The van der Waals surface area contributed by atoms with Crippen LogP contribution in [0.1, 0.15) is 33.1 Å². The number of nitrogens with one attached hydrogen (secondary N) is 1. The fourth-order valence-corrected chi connectivity index (χ4v) is 3.05. The largest absolute Gasteiger partial charge is 0.389 e. The molecule has 1 saturated heterocycles. The van der Waals surface area contributed by atoms with E-state index in [1.165, 1.54) is 0 Å². The summed E-state index contributed by atoms with van der Waals surface area (Å²) in [5.41, 5.74) is -0.974. The van der Waals surface area contributed by atoms with E-state index in [-0.39, 0.29) is 11.8 Å². The lowest BCUT2D eigenvalue weighted by Gasteiger charge is -2.26. The lowest BCUT2D eigenvalue weighted by atomic mass is 10.1. The molecule has 1 fully saturated rings. The number of ether oxygens (including phenoxy) is 1. The molecule has 0 amide bonds. The van der Waals surface area contributed by atoms with Crippen molar-refractivity contribution in [3.05, 3.63) is 0 Å². The predicted molar refractivity (Wildman–Crippen MR) is 61.7 cm³/mol. The van der Waals surface area contributed by atoms with Gasteiger partial charge in [0.2, 0.25) is 10.0 Å². The Labute approximate surface area is 97.2 Å². The van der Waals surface area contributed by atoms with E-state index in [0.717, 1.165) is 0 Å². The highest BCUT2D eigenvalue weighted by Crippen LogP contribution is 2.15. The Bertz CT molecular complexity index is 307. The first-order valence-corrected chi connectivity index (χ1v) is 7.20. The van der Waals surface area contributed by atoms with Crippen molar-refractivity contribution in [2.45, 2.75) is 44.0 Å². The van der Waals surface area contributed by atoms with Gasteiger partial charge < -0.3 is 9.84 Å². The molecule has 0 radical (unpaired) electrons. The van der Waals surface area contributed by atoms with Crippen LogP contribution in [0.4, 0.5) is 0 Å². The van der Waals surface area contributed by atoms with E-state index in [1.807, 2.05) is 6.92 Å². The van der Waals surface area contributed by atoms with Crippen molar-refractivity contribution in [3.8, 4) is 0 Å². The molecule has 1 rings (SSSR count). The average Bonchev–Trinajstić information content (AvgIpc) is 2.28. The minimum absolute atomic E-state index is 0.0726. The Morgan fingerprint density at radius 2 is 2.00 bits per heavy atom. The van der Waals surface area contributed by atoms with Gasteiger partial charge in [0.05, 0.1) is 10.9 Å². The summed E-state index contributed by atoms with van der Waals surface area (Å²) in [6.07, 6.45) is 1.58. The molecule has 1 atom stereocenters. The normalized spacial score (nSPS) is 22.9. The maximum Gasteiger partial charge on any atom is 0.214 e. The molecular weight excluding hydrogens is 230 g/mol. The van der Waals surface area contributed by atoms with Crippen molar-refractivity contribution >= 4 is 10.0 Å². The summed E-state index contributed by atoms with van der Waals surface area (Å²) >= 11 is 0. The molecule has 1 aliphatic heterocycles. The summed E-state index contributed by atoms with van der Waals surface area (Å²) in [5.74, 6) is 0. The highest BCUT2D eigenvalue weighted by molar-refractivity contribution is 7.90. The summed E-state index contributed by atoms with van der Waals surface area (Å²) in [6.45, 7) is 4.51. The van der Waals surface area contributed by atoms with Crippen LogP contribution < -0.4 is 4.72 Å². The van der Waals surface area contributed by atoms with Gasteiger partial charge in [-0.2, -0.15) is 0 Å². The molecule has 0 bridgehead atoms. The van der Waals surface area contributed by atoms with E-state index in [1.54, 1.807) is 6.92 Å². The van der Waals surface area contributed by atoms with Gasteiger partial charge in [-0.3, -0.25) is 0 Å². The SMILES string of the molecule is CCC(C)(O)CNS(=O)(=O)C1CCOCC1. The third-order valence-corrected chi connectivity index (χ3v) is 4.92. The Morgan fingerprint density at radius 1 is 1.44 bits per heavy atom. The molecule has 2 N–H and O–H groups in total. The second-order valence-corrected chi connectivity index (χ2v) is 6.57. The van der Waals surface area contributed by atoms with Crippen LogP contribution in [0.25, 0.3) is 0 Å². The molecule has 0 saturated carbocycles. The molecule has 0 aliphatic carbocycles. The predicted octanol–water partition coefficient (Wildman–Crippen LogP) is 0.246. The molecule has 1 heterocycles. The molecule has 0 spiro atoms. The van der Waals surface area contributed by atoms with E-state index >= 15 is 0 Å².